The zero-order valence-corrected chi connectivity index (χ0v) is 36.2. The third-order valence-corrected chi connectivity index (χ3v) is 11.4. The van der Waals surface area contributed by atoms with Crippen molar-refractivity contribution in [3.05, 3.63) is 185 Å². The highest BCUT2D eigenvalue weighted by Gasteiger charge is 2.26. The van der Waals surface area contributed by atoms with Crippen LogP contribution in [-0.2, 0) is 0 Å². The number of ketones is 2. The minimum absolute atomic E-state index is 0.118. The van der Waals surface area contributed by atoms with E-state index in [9.17, 15) is 19.2 Å². The van der Waals surface area contributed by atoms with Gasteiger partial charge in [-0.15, -0.1) is 0 Å². The SMILES string of the molecule is Cc1ccc(C(=O)NC2CC2)cc1-n1ncc(C(=O)c2cccc(-c3ccccn3)c2)c1N.Cc1ccc(C(=O)NC2CC2)cc1-n1ncc(C(=O)c2cccc(-c3cnccn3)c2)c1N. The highest BCUT2D eigenvalue weighted by atomic mass is 16.2. The first-order valence-electron chi connectivity index (χ1n) is 21.5. The summed E-state index contributed by atoms with van der Waals surface area (Å²) < 4.78 is 3.02. The molecule has 0 bridgehead atoms. The zero-order chi connectivity index (χ0) is 45.9. The molecule has 10 rings (SSSR count). The van der Waals surface area contributed by atoms with Crippen LogP contribution in [0.15, 0.2) is 140 Å². The third-order valence-electron chi connectivity index (χ3n) is 11.4. The molecule has 2 amide bonds. The predicted molar refractivity (Wildman–Crippen MR) is 250 cm³/mol. The fourth-order valence-electron chi connectivity index (χ4n) is 7.33. The number of benzene rings is 4. The molecular weight excluding hydrogens is 831 g/mol. The molecule has 0 atom stereocenters. The van der Waals surface area contributed by atoms with Crippen molar-refractivity contribution in [2.24, 2.45) is 0 Å². The van der Waals surface area contributed by atoms with E-state index in [1.165, 1.54) is 21.8 Å². The van der Waals surface area contributed by atoms with Gasteiger partial charge in [-0.2, -0.15) is 10.2 Å². The number of hydrogen-bond donors (Lipinski definition) is 4. The number of amides is 2. The topological polar surface area (TPSA) is 219 Å². The van der Waals surface area contributed by atoms with E-state index >= 15 is 0 Å². The van der Waals surface area contributed by atoms with Crippen LogP contribution in [0.5, 0.6) is 0 Å². The fourth-order valence-corrected chi connectivity index (χ4v) is 7.33. The van der Waals surface area contributed by atoms with Crippen molar-refractivity contribution in [2.75, 3.05) is 11.5 Å². The second-order valence-electron chi connectivity index (χ2n) is 16.3. The van der Waals surface area contributed by atoms with E-state index in [2.05, 4.69) is 35.8 Å². The molecule has 0 unspecified atom stereocenters. The van der Waals surface area contributed by atoms with Crippen LogP contribution in [0.1, 0.15) is 89.4 Å². The first-order valence-corrected chi connectivity index (χ1v) is 21.5. The van der Waals surface area contributed by atoms with Gasteiger partial charge in [-0.3, -0.25) is 34.1 Å². The van der Waals surface area contributed by atoms with Gasteiger partial charge in [0, 0.05) is 64.1 Å². The predicted octanol–water partition coefficient (Wildman–Crippen LogP) is 7.29. The Hall–Kier alpha value is -8.59. The van der Waals surface area contributed by atoms with Crippen LogP contribution in [0.3, 0.4) is 0 Å². The summed E-state index contributed by atoms with van der Waals surface area (Å²) in [6.07, 6.45) is 13.6. The molecule has 15 nitrogen and oxygen atoms in total. The lowest BCUT2D eigenvalue weighted by Gasteiger charge is -2.11. The van der Waals surface area contributed by atoms with E-state index in [1.807, 2.05) is 62.4 Å². The summed E-state index contributed by atoms with van der Waals surface area (Å²) >= 11 is 0. The van der Waals surface area contributed by atoms with E-state index in [4.69, 9.17) is 11.5 Å². The Morgan fingerprint density at radius 1 is 0.530 bits per heavy atom. The second kappa shape index (κ2) is 18.3. The first-order chi connectivity index (χ1) is 32.0. The lowest BCUT2D eigenvalue weighted by molar-refractivity contribution is 0.0942. The van der Waals surface area contributed by atoms with E-state index in [-0.39, 0.29) is 47.1 Å². The van der Waals surface area contributed by atoms with E-state index in [0.717, 1.165) is 53.6 Å². The van der Waals surface area contributed by atoms with Gasteiger partial charge in [-0.1, -0.05) is 54.6 Å². The van der Waals surface area contributed by atoms with Crippen LogP contribution in [0.2, 0.25) is 0 Å². The van der Waals surface area contributed by atoms with Crippen LogP contribution in [-0.4, -0.2) is 70.0 Å². The Bertz CT molecular complexity index is 2930. The molecule has 15 heteroatoms. The smallest absolute Gasteiger partial charge is 0.251 e. The minimum Gasteiger partial charge on any atom is -0.383 e. The molecule has 2 aliphatic carbocycles. The van der Waals surface area contributed by atoms with Crippen LogP contribution in [0.25, 0.3) is 33.9 Å². The van der Waals surface area contributed by atoms with Gasteiger partial charge in [0.25, 0.3) is 11.8 Å². The number of carbonyl (C=O) groups is 4. The number of pyridine rings is 1. The van der Waals surface area contributed by atoms with Crippen molar-refractivity contribution in [3.8, 4) is 33.9 Å². The van der Waals surface area contributed by atoms with Gasteiger partial charge in [-0.05, 0) is 99.2 Å². The van der Waals surface area contributed by atoms with Gasteiger partial charge >= 0.3 is 0 Å². The number of hydrogen-bond acceptors (Lipinski definition) is 11. The summed E-state index contributed by atoms with van der Waals surface area (Å²) in [5.41, 5.74) is 21.6. The van der Waals surface area contributed by atoms with Crippen molar-refractivity contribution in [3.63, 3.8) is 0 Å². The quantitative estimate of drug-likeness (QED) is 0.0893. The normalized spacial score (nSPS) is 13.0. The van der Waals surface area contributed by atoms with Gasteiger partial charge in [0.05, 0.1) is 52.5 Å². The summed E-state index contributed by atoms with van der Waals surface area (Å²) in [6, 6.07) is 31.4. The second-order valence-corrected chi connectivity index (χ2v) is 16.3. The third kappa shape index (κ3) is 9.22. The molecule has 0 saturated heterocycles. The lowest BCUT2D eigenvalue weighted by Crippen LogP contribution is -2.25. The number of nitrogen functional groups attached to an aromatic ring is 2. The van der Waals surface area contributed by atoms with Gasteiger partial charge in [0.1, 0.15) is 11.6 Å². The molecule has 2 saturated carbocycles. The van der Waals surface area contributed by atoms with E-state index in [1.54, 1.807) is 79.4 Å². The first kappa shape index (κ1) is 42.7. The van der Waals surface area contributed by atoms with Gasteiger partial charge < -0.3 is 22.1 Å². The maximum atomic E-state index is 13.3. The highest BCUT2D eigenvalue weighted by molar-refractivity contribution is 6.13. The fraction of sp³-hybridized carbons (Fsp3) is 0.157. The molecule has 0 radical (unpaired) electrons. The number of nitrogens with two attached hydrogens (primary N) is 2. The van der Waals surface area contributed by atoms with Crippen LogP contribution < -0.4 is 22.1 Å². The van der Waals surface area contributed by atoms with E-state index < -0.39 is 0 Å². The van der Waals surface area contributed by atoms with Crippen molar-refractivity contribution >= 4 is 35.0 Å². The largest absolute Gasteiger partial charge is 0.383 e. The maximum absolute atomic E-state index is 13.3. The Kier molecular flexibility index (Phi) is 11.8. The van der Waals surface area contributed by atoms with Gasteiger partial charge in [0.15, 0.2) is 11.6 Å². The van der Waals surface area contributed by atoms with Crippen molar-refractivity contribution in [1.29, 1.82) is 0 Å². The summed E-state index contributed by atoms with van der Waals surface area (Å²) in [5.74, 6) is -0.269. The molecule has 328 valence electrons. The van der Waals surface area contributed by atoms with Crippen molar-refractivity contribution < 1.29 is 19.2 Å². The zero-order valence-electron chi connectivity index (χ0n) is 36.2. The average molecular weight is 876 g/mol. The molecule has 4 aromatic heterocycles. The number of aromatic nitrogens is 7. The molecule has 0 aliphatic heterocycles. The number of nitrogens with zero attached hydrogens (tertiary/aromatic N) is 7. The molecule has 2 fully saturated rings. The number of anilines is 2. The monoisotopic (exact) mass is 875 g/mol. The Labute approximate surface area is 380 Å². The van der Waals surface area contributed by atoms with Crippen molar-refractivity contribution in [1.82, 2.24) is 45.1 Å². The Balaban J connectivity index is 0.000000166. The molecule has 2 aliphatic rings. The Morgan fingerprint density at radius 3 is 1.48 bits per heavy atom. The summed E-state index contributed by atoms with van der Waals surface area (Å²) in [6.45, 7) is 3.82. The molecule has 0 spiro atoms. The van der Waals surface area contributed by atoms with Crippen LogP contribution in [0.4, 0.5) is 11.6 Å². The standard InChI is InChI=1S/C26H23N5O2.C25H22N6O2/c1-16-8-9-19(26(33)30-20-10-11-20)14-23(16)31-25(27)21(15-29-31)24(32)18-6-4-5-17(13-18)22-7-2-3-12-28-22;1-15-5-6-18(25(33)30-19-7-8-19)12-22(15)31-24(26)20(13-29-31)23(32)17-4-2-3-16(11-17)21-14-27-9-10-28-21/h2-9,12-15,20H,10-11,27H2,1H3,(H,30,33);2-6,9-14,19H,7-8,26H2,1H3,(H,30,33). The number of rotatable bonds is 12. The lowest BCUT2D eigenvalue weighted by atomic mass is 10.0. The summed E-state index contributed by atoms with van der Waals surface area (Å²) in [5, 5.41) is 14.7. The summed E-state index contributed by atoms with van der Waals surface area (Å²) in [4.78, 5) is 64.2. The van der Waals surface area contributed by atoms with Crippen LogP contribution in [0, 0.1) is 13.8 Å². The molecular formula is C51H45N11O4. The molecule has 6 N–H and O–H groups in total. The molecule has 8 aromatic rings. The van der Waals surface area contributed by atoms with E-state index in [0.29, 0.717) is 50.4 Å². The number of carbonyl (C=O) groups excluding carboxylic acids is 4. The van der Waals surface area contributed by atoms with Gasteiger partial charge in [-0.25, -0.2) is 9.36 Å². The number of nitrogens with one attached hydrogen (secondary N) is 2. The average Bonchev–Trinajstić information content (AvgIpc) is 4.28. The molecule has 4 heterocycles. The van der Waals surface area contributed by atoms with Crippen molar-refractivity contribution in [2.45, 2.75) is 51.6 Å². The highest BCUT2D eigenvalue weighted by Crippen LogP contribution is 2.28. The number of aryl methyl sites for hydroxylation is 2. The van der Waals surface area contributed by atoms with Crippen LogP contribution >= 0.6 is 0 Å². The minimum atomic E-state index is -0.246. The Morgan fingerprint density at radius 2 is 1.03 bits per heavy atom. The maximum Gasteiger partial charge on any atom is 0.251 e. The molecule has 66 heavy (non-hydrogen) atoms. The molecule has 4 aromatic carbocycles. The summed E-state index contributed by atoms with van der Waals surface area (Å²) in [7, 11) is 0. The van der Waals surface area contributed by atoms with Gasteiger partial charge in [0.2, 0.25) is 0 Å².